The number of carbonyl (C=O) groups is 1. The first-order chi connectivity index (χ1) is 15.5. The standard InChI is InChI=1S/C27H36FNO3Si/c1-20-29(24(19-31-20)21-11-8-7-9-12-21)26(30)14-10-13-25(22-15-17-23(28)18-16-22)32-33(5,6)27(2,3)4/h7-9,11-12,15-18,24-25H,1,10,13-14,19H2,2-6H3. The molecular formula is C27H36FNO3Si. The van der Waals surface area contributed by atoms with Crippen molar-refractivity contribution in [1.29, 1.82) is 0 Å². The summed E-state index contributed by atoms with van der Waals surface area (Å²) in [5.74, 6) is 0.137. The third kappa shape index (κ3) is 6.12. The van der Waals surface area contributed by atoms with E-state index in [1.165, 1.54) is 12.1 Å². The molecule has 1 aliphatic heterocycles. The fourth-order valence-corrected chi connectivity index (χ4v) is 5.11. The maximum absolute atomic E-state index is 13.5. The third-order valence-electron chi connectivity index (χ3n) is 6.78. The van der Waals surface area contributed by atoms with Crippen LogP contribution >= 0.6 is 0 Å². The first-order valence-electron chi connectivity index (χ1n) is 11.6. The Morgan fingerprint density at radius 1 is 1.18 bits per heavy atom. The van der Waals surface area contributed by atoms with Crippen molar-refractivity contribution in [3.63, 3.8) is 0 Å². The van der Waals surface area contributed by atoms with Gasteiger partial charge in [-0.05, 0) is 60.8 Å². The Morgan fingerprint density at radius 3 is 2.42 bits per heavy atom. The van der Waals surface area contributed by atoms with Crippen LogP contribution in [-0.4, -0.2) is 25.7 Å². The summed E-state index contributed by atoms with van der Waals surface area (Å²) in [5.41, 5.74) is 1.99. The molecule has 178 valence electrons. The van der Waals surface area contributed by atoms with E-state index in [1.54, 1.807) is 17.0 Å². The van der Waals surface area contributed by atoms with E-state index in [9.17, 15) is 9.18 Å². The summed E-state index contributed by atoms with van der Waals surface area (Å²) < 4.78 is 25.8. The normalized spacial score (nSPS) is 17.7. The Balaban J connectivity index is 1.69. The zero-order chi connectivity index (χ0) is 24.2. The van der Waals surface area contributed by atoms with Crippen LogP contribution < -0.4 is 0 Å². The number of carbonyl (C=O) groups excluding carboxylic acids is 1. The highest BCUT2D eigenvalue weighted by molar-refractivity contribution is 6.74. The molecule has 1 amide bonds. The molecule has 0 aromatic heterocycles. The van der Waals surface area contributed by atoms with Crippen LogP contribution in [0.3, 0.4) is 0 Å². The van der Waals surface area contributed by atoms with Gasteiger partial charge in [0.25, 0.3) is 0 Å². The van der Waals surface area contributed by atoms with E-state index in [0.717, 1.165) is 11.1 Å². The molecule has 0 aliphatic carbocycles. The number of rotatable bonds is 8. The minimum atomic E-state index is -2.06. The fourth-order valence-electron chi connectivity index (χ4n) is 3.79. The van der Waals surface area contributed by atoms with Gasteiger partial charge in [-0.25, -0.2) is 4.39 Å². The smallest absolute Gasteiger partial charge is 0.229 e. The molecule has 1 saturated heterocycles. The Kier molecular flexibility index (Phi) is 7.80. The largest absolute Gasteiger partial charge is 0.477 e. The summed E-state index contributed by atoms with van der Waals surface area (Å²) >= 11 is 0. The van der Waals surface area contributed by atoms with Gasteiger partial charge < -0.3 is 9.16 Å². The molecule has 1 fully saturated rings. The summed E-state index contributed by atoms with van der Waals surface area (Å²) in [5, 5.41) is 0.0502. The first-order valence-corrected chi connectivity index (χ1v) is 14.5. The monoisotopic (exact) mass is 469 g/mol. The molecule has 33 heavy (non-hydrogen) atoms. The lowest BCUT2D eigenvalue weighted by atomic mass is 10.0. The topological polar surface area (TPSA) is 38.8 Å². The zero-order valence-corrected chi connectivity index (χ0v) is 21.4. The van der Waals surface area contributed by atoms with Gasteiger partial charge in [-0.2, -0.15) is 0 Å². The second-order valence-corrected chi connectivity index (χ2v) is 15.0. The second kappa shape index (κ2) is 10.2. The molecule has 0 N–H and O–H groups in total. The van der Waals surface area contributed by atoms with Crippen molar-refractivity contribution < 1.29 is 18.3 Å². The van der Waals surface area contributed by atoms with Crippen molar-refractivity contribution in [3.05, 3.63) is 84.0 Å². The second-order valence-electron chi connectivity index (χ2n) is 10.2. The summed E-state index contributed by atoms with van der Waals surface area (Å²) in [4.78, 5) is 14.8. The number of ether oxygens (including phenoxy) is 1. The van der Waals surface area contributed by atoms with Crippen molar-refractivity contribution in [1.82, 2.24) is 4.90 Å². The van der Waals surface area contributed by atoms with Crippen LogP contribution in [0.25, 0.3) is 0 Å². The zero-order valence-electron chi connectivity index (χ0n) is 20.4. The van der Waals surface area contributed by atoms with Crippen LogP contribution in [0.15, 0.2) is 67.1 Å². The van der Waals surface area contributed by atoms with E-state index in [-0.39, 0.29) is 28.9 Å². The molecule has 1 aliphatic rings. The molecule has 6 heteroatoms. The minimum absolute atomic E-state index is 0.00321. The summed E-state index contributed by atoms with van der Waals surface area (Å²) in [7, 11) is -2.06. The molecule has 3 rings (SSSR count). The molecule has 2 atom stereocenters. The molecule has 0 saturated carbocycles. The number of benzene rings is 2. The average Bonchev–Trinajstić information content (AvgIpc) is 3.15. The fraction of sp³-hybridized carbons (Fsp3) is 0.444. The van der Waals surface area contributed by atoms with Gasteiger partial charge in [-0.15, -0.1) is 0 Å². The van der Waals surface area contributed by atoms with E-state index >= 15 is 0 Å². The molecule has 2 aromatic rings. The van der Waals surface area contributed by atoms with Crippen LogP contribution in [0.5, 0.6) is 0 Å². The molecule has 4 nitrogen and oxygen atoms in total. The van der Waals surface area contributed by atoms with Gasteiger partial charge in [0.05, 0.1) is 12.1 Å². The quantitative estimate of drug-likeness (QED) is 0.386. The van der Waals surface area contributed by atoms with Crippen LogP contribution in [0, 0.1) is 5.82 Å². The Bertz CT molecular complexity index is 954. The van der Waals surface area contributed by atoms with Gasteiger partial charge in [-0.1, -0.05) is 63.2 Å². The lowest BCUT2D eigenvalue weighted by Gasteiger charge is -2.39. The highest BCUT2D eigenvalue weighted by Crippen LogP contribution is 2.41. The molecular weight excluding hydrogens is 433 g/mol. The van der Waals surface area contributed by atoms with Gasteiger partial charge in [0, 0.05) is 6.42 Å². The highest BCUT2D eigenvalue weighted by atomic mass is 28.4. The van der Waals surface area contributed by atoms with E-state index in [0.29, 0.717) is 31.8 Å². The summed E-state index contributed by atoms with van der Waals surface area (Å²) in [6, 6.07) is 16.3. The molecule has 0 spiro atoms. The van der Waals surface area contributed by atoms with Gasteiger partial charge in [0.2, 0.25) is 5.91 Å². The third-order valence-corrected chi connectivity index (χ3v) is 11.3. The molecule has 0 bridgehead atoms. The Labute approximate surface area is 198 Å². The molecule has 1 heterocycles. The van der Waals surface area contributed by atoms with E-state index < -0.39 is 8.32 Å². The minimum Gasteiger partial charge on any atom is -0.477 e. The summed E-state index contributed by atoms with van der Waals surface area (Å²) in [6.07, 6.45) is 1.52. The van der Waals surface area contributed by atoms with Gasteiger partial charge in [-0.3, -0.25) is 9.69 Å². The van der Waals surface area contributed by atoms with E-state index in [1.807, 2.05) is 30.3 Å². The highest BCUT2D eigenvalue weighted by Gasteiger charge is 2.39. The van der Waals surface area contributed by atoms with Gasteiger partial charge in [0.15, 0.2) is 14.2 Å². The average molecular weight is 470 g/mol. The summed E-state index contributed by atoms with van der Waals surface area (Å²) in [6.45, 7) is 15.4. The maximum atomic E-state index is 13.5. The SMILES string of the molecule is C=C1OCC(c2ccccc2)N1C(=O)CCCC(O[Si](C)(C)C(C)(C)C)c1ccc(F)cc1. The lowest BCUT2D eigenvalue weighted by Crippen LogP contribution is -2.41. The van der Waals surface area contributed by atoms with Crippen molar-refractivity contribution in [2.45, 2.75) is 70.3 Å². The van der Waals surface area contributed by atoms with E-state index in [2.05, 4.69) is 40.4 Å². The molecule has 2 unspecified atom stereocenters. The van der Waals surface area contributed by atoms with Crippen molar-refractivity contribution in [2.24, 2.45) is 0 Å². The number of hydrogen-bond acceptors (Lipinski definition) is 3. The number of halogens is 1. The predicted molar refractivity (Wildman–Crippen MR) is 132 cm³/mol. The van der Waals surface area contributed by atoms with Gasteiger partial charge >= 0.3 is 0 Å². The van der Waals surface area contributed by atoms with Crippen LogP contribution in [-0.2, 0) is 14.0 Å². The number of amides is 1. The number of hydrogen-bond donors (Lipinski definition) is 0. The Hall–Kier alpha value is -2.44. The van der Waals surface area contributed by atoms with Crippen LogP contribution in [0.4, 0.5) is 4.39 Å². The lowest BCUT2D eigenvalue weighted by molar-refractivity contribution is -0.130. The van der Waals surface area contributed by atoms with Crippen molar-refractivity contribution in [2.75, 3.05) is 6.61 Å². The van der Waals surface area contributed by atoms with Gasteiger partial charge in [0.1, 0.15) is 12.4 Å². The Morgan fingerprint density at radius 2 is 1.82 bits per heavy atom. The van der Waals surface area contributed by atoms with Crippen LogP contribution in [0.1, 0.15) is 63.3 Å². The molecule has 2 aromatic carbocycles. The first kappa shape index (κ1) is 25.2. The number of nitrogens with zero attached hydrogens (tertiary/aromatic N) is 1. The van der Waals surface area contributed by atoms with Crippen molar-refractivity contribution >= 4 is 14.2 Å². The molecule has 0 radical (unpaired) electrons. The predicted octanol–water partition coefficient (Wildman–Crippen LogP) is 7.13. The van der Waals surface area contributed by atoms with Crippen LogP contribution in [0.2, 0.25) is 18.1 Å². The van der Waals surface area contributed by atoms with Crippen molar-refractivity contribution in [3.8, 4) is 0 Å². The maximum Gasteiger partial charge on any atom is 0.229 e. The van der Waals surface area contributed by atoms with E-state index in [4.69, 9.17) is 9.16 Å².